The zero-order valence-electron chi connectivity index (χ0n) is 54.7. The Bertz CT molecular complexity index is 1620. The van der Waals surface area contributed by atoms with Gasteiger partial charge in [0.2, 0.25) is 0 Å². The first kappa shape index (κ1) is 62.1. The third-order valence-corrected chi connectivity index (χ3v) is 27.9. The molecule has 0 aromatic heterocycles. The summed E-state index contributed by atoms with van der Waals surface area (Å²) in [4.78, 5) is 0. The largest absolute Gasteiger partial charge is 0.0649 e. The molecule has 76 heavy (non-hydrogen) atoms. The molecule has 1 atom stereocenters. The van der Waals surface area contributed by atoms with E-state index in [2.05, 4.69) is 96.9 Å². The monoisotopic (exact) mass is 1050 g/mol. The molecule has 0 nitrogen and oxygen atoms in total. The van der Waals surface area contributed by atoms with Crippen molar-refractivity contribution in [3.63, 3.8) is 0 Å². The molecule has 0 amide bonds. The average molecular weight is 1050 g/mol. The van der Waals surface area contributed by atoms with E-state index in [9.17, 15) is 0 Å². The van der Waals surface area contributed by atoms with Crippen LogP contribution in [0, 0.1) is 108 Å². The summed E-state index contributed by atoms with van der Waals surface area (Å²) < 4.78 is 0. The van der Waals surface area contributed by atoms with Crippen LogP contribution in [0.25, 0.3) is 0 Å². The Labute approximate surface area is 478 Å². The van der Waals surface area contributed by atoms with Crippen molar-refractivity contribution in [3.8, 4) is 0 Å². The lowest BCUT2D eigenvalue weighted by molar-refractivity contribution is -0.0545. The van der Waals surface area contributed by atoms with Crippen LogP contribution < -0.4 is 0 Å². The van der Waals surface area contributed by atoms with E-state index in [1.807, 2.05) is 0 Å². The zero-order chi connectivity index (χ0) is 54.7. The minimum absolute atomic E-state index is 0.572. The Hall–Kier alpha value is 0. The highest BCUT2D eigenvalue weighted by Gasteiger charge is 2.51. The van der Waals surface area contributed by atoms with Crippen LogP contribution in [0.15, 0.2) is 0 Å². The number of fused-ring (bicyclic) bond motifs is 3. The van der Waals surface area contributed by atoms with Gasteiger partial charge in [0.25, 0.3) is 0 Å². The van der Waals surface area contributed by atoms with E-state index in [1.165, 1.54) is 186 Å². The van der Waals surface area contributed by atoms with Crippen molar-refractivity contribution in [1.82, 2.24) is 0 Å². The quantitative estimate of drug-likeness (QED) is 0.246. The maximum Gasteiger partial charge on any atom is -0.0287 e. The molecule has 0 N–H and O–H groups in total. The van der Waals surface area contributed by atoms with Gasteiger partial charge in [0.05, 0.1) is 0 Å². The van der Waals surface area contributed by atoms with Crippen molar-refractivity contribution >= 4 is 0 Å². The average Bonchev–Trinajstić information content (AvgIpc) is 3.86. The van der Waals surface area contributed by atoms with Gasteiger partial charge < -0.3 is 0 Å². The minimum atomic E-state index is 0.572. The van der Waals surface area contributed by atoms with Crippen LogP contribution in [-0.2, 0) is 0 Å². The predicted molar refractivity (Wildman–Crippen MR) is 335 cm³/mol. The van der Waals surface area contributed by atoms with Crippen LogP contribution in [0.2, 0.25) is 0 Å². The van der Waals surface area contributed by atoms with E-state index in [0.717, 1.165) is 80.8 Å². The molecule has 15 fully saturated rings. The van der Waals surface area contributed by atoms with Gasteiger partial charge >= 0.3 is 0 Å². The summed E-state index contributed by atoms with van der Waals surface area (Å²) >= 11 is 0. The van der Waals surface area contributed by atoms with Crippen molar-refractivity contribution in [1.29, 1.82) is 0 Å². The summed E-state index contributed by atoms with van der Waals surface area (Å²) in [6, 6.07) is 0. The molecule has 0 heterocycles. The second-order valence-electron chi connectivity index (χ2n) is 36.5. The summed E-state index contributed by atoms with van der Waals surface area (Å²) in [6.45, 7) is 34.4. The summed E-state index contributed by atoms with van der Waals surface area (Å²) in [7, 11) is 0. The van der Waals surface area contributed by atoms with Gasteiger partial charge in [-0.3, -0.25) is 0 Å². The highest BCUT2D eigenvalue weighted by atomic mass is 14.6. The van der Waals surface area contributed by atoms with Crippen LogP contribution in [0.3, 0.4) is 0 Å². The number of hydrogen-bond acceptors (Lipinski definition) is 0. The molecule has 15 rings (SSSR count). The fourth-order valence-electron chi connectivity index (χ4n) is 22.8. The lowest BCUT2D eigenvalue weighted by Crippen LogP contribution is -2.45. The molecule has 0 heteroatoms. The molecule has 0 aliphatic heterocycles. The van der Waals surface area contributed by atoms with Gasteiger partial charge in [-0.15, -0.1) is 0 Å². The van der Waals surface area contributed by atoms with Crippen molar-refractivity contribution in [2.24, 2.45) is 108 Å². The summed E-state index contributed by atoms with van der Waals surface area (Å²) in [6.07, 6.45) is 65.6. The van der Waals surface area contributed by atoms with Crippen LogP contribution in [0.5, 0.6) is 0 Å². The van der Waals surface area contributed by atoms with Crippen molar-refractivity contribution in [2.45, 2.75) is 373 Å². The highest BCUT2D eigenvalue weighted by Crippen LogP contribution is 2.63. The first-order valence-electron chi connectivity index (χ1n) is 35.8. The van der Waals surface area contributed by atoms with Gasteiger partial charge in [0.15, 0.2) is 0 Å². The third kappa shape index (κ3) is 16.4. The standard InChI is InChI=1S/C16H30.C14H26.C12H20.C12H22.2C11H20/c1-13-6-8-16(9-7-13)11-14(2,3)10-15(4,5)12-16;1-12-4-6-14(7-5-12)10-8-13(2,3)9-11-14;1-2-12-6-9-3-10(7-12)5-11(4-9)8-12;1-11-5-9-12(10-6-11)7-3-2-4-8-12;1-8-9-4-6-10(7-5-9)11(8,2)3;1-10-4-8-11(9-5-10)6-2-3-7-11/h13H,6-12H2,1-5H3;12H,4-11H2,1-3H3;9-11H,2-8H2,1H3;11H,2-10H2,1H3;8-10H,4-7H2,1-3H3;10H,2-9H2,1H3/t;;;;8-,9?,10?;/m....1./s1. The SMILES string of the molecule is CC1CCC2(CC1)CC(C)(C)CC(C)(C)C2.CC1CCC2(CC1)CCC(C)(C)CC2.CC1CCC2(CCCC2)CC1.CC1CCC2(CCCCC2)CC1.CCC12CC3CC(CC(C3)C1)C2.C[C@@H]1C2CCC(CC2)C1(C)C. The van der Waals surface area contributed by atoms with Crippen molar-refractivity contribution < 1.29 is 0 Å². The fraction of sp³-hybridized carbons (Fsp3) is 1.00. The van der Waals surface area contributed by atoms with E-state index in [4.69, 9.17) is 0 Å². The minimum Gasteiger partial charge on any atom is -0.0649 e. The van der Waals surface area contributed by atoms with E-state index in [1.54, 1.807) is 89.9 Å². The fourth-order valence-corrected chi connectivity index (χ4v) is 22.8. The number of hydrogen-bond donors (Lipinski definition) is 0. The molecule has 15 saturated carbocycles. The third-order valence-electron chi connectivity index (χ3n) is 27.9. The Balaban J connectivity index is 0.000000121. The van der Waals surface area contributed by atoms with E-state index >= 15 is 0 Å². The van der Waals surface area contributed by atoms with Crippen LogP contribution in [0.1, 0.15) is 373 Å². The first-order chi connectivity index (χ1) is 35.8. The molecule has 0 unspecified atom stereocenters. The maximum absolute atomic E-state index is 2.49. The smallest absolute Gasteiger partial charge is 0.0287 e. The summed E-state index contributed by atoms with van der Waals surface area (Å²) in [5.41, 5.74) is 6.48. The highest BCUT2D eigenvalue weighted by molar-refractivity contribution is 5.02. The molecule has 0 radical (unpaired) electrons. The second-order valence-corrected chi connectivity index (χ2v) is 36.5. The molecule has 4 spiro atoms. The molecular weight excluding hydrogens is 913 g/mol. The van der Waals surface area contributed by atoms with Crippen molar-refractivity contribution in [3.05, 3.63) is 0 Å². The molecular formula is C76H138. The Morgan fingerprint density at radius 2 is 0.645 bits per heavy atom. The van der Waals surface area contributed by atoms with E-state index in [-0.39, 0.29) is 0 Å². The van der Waals surface area contributed by atoms with Crippen molar-refractivity contribution in [2.75, 3.05) is 0 Å². The molecule has 0 saturated heterocycles. The van der Waals surface area contributed by atoms with Gasteiger partial charge in [0, 0.05) is 0 Å². The molecule has 15 aliphatic carbocycles. The first-order valence-corrected chi connectivity index (χ1v) is 35.8. The van der Waals surface area contributed by atoms with E-state index in [0.29, 0.717) is 27.1 Å². The Morgan fingerprint density at radius 3 is 0.961 bits per heavy atom. The van der Waals surface area contributed by atoms with Crippen LogP contribution in [0.4, 0.5) is 0 Å². The van der Waals surface area contributed by atoms with Crippen LogP contribution >= 0.6 is 0 Å². The van der Waals surface area contributed by atoms with Gasteiger partial charge in [-0.25, -0.2) is 0 Å². The molecule has 0 aromatic carbocycles. The van der Waals surface area contributed by atoms with Gasteiger partial charge in [-0.05, 0) is 294 Å². The lowest BCUT2D eigenvalue weighted by atomic mass is 9.49. The summed E-state index contributed by atoms with van der Waals surface area (Å²) in [5.74, 6) is 10.6. The molecule has 15 aliphatic rings. The van der Waals surface area contributed by atoms with Crippen LogP contribution in [-0.4, -0.2) is 0 Å². The second kappa shape index (κ2) is 25.5. The normalized spacial score (nSPS) is 38.7. The predicted octanol–water partition coefficient (Wildman–Crippen LogP) is 25.2. The Kier molecular flexibility index (Phi) is 20.8. The molecule has 6 bridgehead atoms. The topological polar surface area (TPSA) is 0 Å². The molecule has 0 aromatic rings. The number of rotatable bonds is 1. The lowest BCUT2D eigenvalue weighted by Gasteiger charge is -2.56. The van der Waals surface area contributed by atoms with E-state index < -0.39 is 0 Å². The summed E-state index contributed by atoms with van der Waals surface area (Å²) in [5, 5.41) is 0. The van der Waals surface area contributed by atoms with Gasteiger partial charge in [-0.2, -0.15) is 0 Å². The zero-order valence-corrected chi connectivity index (χ0v) is 54.7. The molecule has 442 valence electrons. The maximum atomic E-state index is 2.49. The van der Waals surface area contributed by atoms with Gasteiger partial charge in [0.1, 0.15) is 0 Å². The van der Waals surface area contributed by atoms with Gasteiger partial charge in [-0.1, -0.05) is 187 Å². The Morgan fingerprint density at radius 1 is 0.316 bits per heavy atom.